The number of hydrogen-bond acceptors (Lipinski definition) is 3. The van der Waals surface area contributed by atoms with Gasteiger partial charge in [-0.05, 0) is 18.6 Å². The Hall–Kier alpha value is -0.760. The molecular weight excluding hydrogens is 327 g/mol. The molecule has 0 atom stereocenters. The molecule has 0 radical (unpaired) electrons. The van der Waals surface area contributed by atoms with Crippen molar-refractivity contribution in [3.05, 3.63) is 29.6 Å². The summed E-state index contributed by atoms with van der Waals surface area (Å²) >= 11 is 2.16. The van der Waals surface area contributed by atoms with Crippen LogP contribution in [0.4, 0.5) is 0 Å². The Morgan fingerprint density at radius 3 is 3.00 bits per heavy atom. The van der Waals surface area contributed by atoms with Crippen LogP contribution in [0.1, 0.15) is 15.9 Å². The van der Waals surface area contributed by atoms with Gasteiger partial charge in [-0.15, -0.1) is 0 Å². The summed E-state index contributed by atoms with van der Waals surface area (Å²) in [6.45, 7) is 1.94. The number of carboxylic acid groups (broad SMARTS) is 1. The number of carboxylic acids is 1. The number of carbonyl (C=O) groups is 1. The second-order valence-electron chi connectivity index (χ2n) is 3.11. The van der Waals surface area contributed by atoms with Gasteiger partial charge >= 0.3 is 5.97 Å². The van der Waals surface area contributed by atoms with Crippen LogP contribution in [0.3, 0.4) is 0 Å². The number of fused-ring (bicyclic) bond motifs is 1. The summed E-state index contributed by atoms with van der Waals surface area (Å²) in [5, 5.41) is 9.73. The first-order valence-electron chi connectivity index (χ1n) is 4.13. The van der Waals surface area contributed by atoms with Crippen molar-refractivity contribution in [1.82, 2.24) is 8.96 Å². The predicted octanol–water partition coefficient (Wildman–Crippen LogP) is 2.89. The summed E-state index contributed by atoms with van der Waals surface area (Å²) in [6.07, 6.45) is 3.33. The number of aryl methyl sites for hydroxylation is 1. The zero-order chi connectivity index (χ0) is 11.0. The first kappa shape index (κ1) is 10.7. The third-order valence-corrected chi connectivity index (χ3v) is 3.83. The topological polar surface area (TPSA) is 55.1 Å². The number of halogens is 1. The van der Waals surface area contributed by atoms with E-state index in [9.17, 15) is 4.79 Å². The zero-order valence-corrected chi connectivity index (χ0v) is 10.7. The summed E-state index contributed by atoms with van der Waals surface area (Å²) in [6, 6.07) is 1.66. The van der Waals surface area contributed by atoms with E-state index in [2.05, 4.69) is 26.2 Å². The minimum absolute atomic E-state index is 0.224. The molecule has 0 saturated carbocycles. The van der Waals surface area contributed by atoms with E-state index in [1.807, 2.05) is 17.1 Å². The summed E-state index contributed by atoms with van der Waals surface area (Å²) in [5.41, 5.74) is 2.06. The van der Waals surface area contributed by atoms with Crippen molar-refractivity contribution in [2.45, 2.75) is 6.92 Å². The van der Waals surface area contributed by atoms with Gasteiger partial charge in [0.05, 0.1) is 5.56 Å². The van der Waals surface area contributed by atoms with Crippen molar-refractivity contribution in [2.24, 2.45) is 0 Å². The fraction of sp³-hybridized carbons (Fsp3) is 0.111. The highest BCUT2D eigenvalue weighted by molar-refractivity contribution is 14.2. The minimum Gasteiger partial charge on any atom is -0.478 e. The van der Waals surface area contributed by atoms with E-state index in [1.54, 1.807) is 6.07 Å². The highest BCUT2D eigenvalue weighted by Gasteiger charge is 2.10. The van der Waals surface area contributed by atoms with Crippen LogP contribution in [0.2, 0.25) is 0 Å². The molecule has 0 aliphatic rings. The predicted molar refractivity (Wildman–Crippen MR) is 68.4 cm³/mol. The molecule has 0 unspecified atom stereocenters. The van der Waals surface area contributed by atoms with Gasteiger partial charge < -0.3 is 5.11 Å². The lowest BCUT2D eigenvalue weighted by molar-refractivity contribution is 0.0696. The number of nitrogens with zero attached hydrogens (tertiary/aromatic N) is 2. The van der Waals surface area contributed by atoms with E-state index in [0.717, 1.165) is 16.6 Å². The number of aromatic nitrogens is 2. The van der Waals surface area contributed by atoms with Crippen LogP contribution in [0.25, 0.3) is 11.0 Å². The first-order chi connectivity index (χ1) is 7.13. The maximum absolute atomic E-state index is 10.8. The summed E-state index contributed by atoms with van der Waals surface area (Å²) in [7, 11) is 1.51. The second-order valence-corrected chi connectivity index (χ2v) is 4.82. The molecule has 0 aromatic carbocycles. The van der Waals surface area contributed by atoms with Crippen LogP contribution in [0.15, 0.2) is 18.5 Å². The molecule has 2 aromatic rings. The number of aromatic carboxylic acids is 1. The van der Waals surface area contributed by atoms with Crippen molar-refractivity contribution in [1.29, 1.82) is 0 Å². The molecule has 0 saturated heterocycles. The molecule has 0 fully saturated rings. The highest BCUT2D eigenvalue weighted by atomic mass is 127. The lowest BCUT2D eigenvalue weighted by Crippen LogP contribution is -1.97. The second kappa shape index (κ2) is 4.01. The van der Waals surface area contributed by atoms with Crippen molar-refractivity contribution in [3.8, 4) is 0 Å². The van der Waals surface area contributed by atoms with Crippen molar-refractivity contribution < 1.29 is 9.90 Å². The van der Waals surface area contributed by atoms with Gasteiger partial charge in [0, 0.05) is 48.1 Å². The maximum atomic E-state index is 10.8. The average Bonchev–Trinajstić information content (AvgIpc) is 2.55. The van der Waals surface area contributed by atoms with Crippen LogP contribution in [0.5, 0.6) is 0 Å². The molecule has 0 aliphatic heterocycles. The van der Waals surface area contributed by atoms with Crippen LogP contribution in [-0.2, 0) is 0 Å². The van der Waals surface area contributed by atoms with Gasteiger partial charge in [-0.25, -0.2) is 9.78 Å². The smallest absolute Gasteiger partial charge is 0.337 e. The fourth-order valence-corrected chi connectivity index (χ4v) is 2.71. The minimum atomic E-state index is -0.946. The van der Waals surface area contributed by atoms with E-state index in [-0.39, 0.29) is 5.56 Å². The first-order valence-corrected chi connectivity index (χ1v) is 7.45. The number of pyridine rings is 1. The molecule has 0 aliphatic carbocycles. The lowest BCUT2D eigenvalue weighted by Gasteiger charge is -1.97. The van der Waals surface area contributed by atoms with E-state index in [0.29, 0.717) is 0 Å². The molecule has 0 spiro atoms. The molecule has 0 amide bonds. The SMILES string of the molecule is Cc1cn(SI)c2ncc(C(=O)O)cc12. The lowest BCUT2D eigenvalue weighted by atomic mass is 10.2. The Kier molecular flexibility index (Phi) is 2.87. The maximum Gasteiger partial charge on any atom is 0.337 e. The van der Waals surface area contributed by atoms with Gasteiger partial charge in [0.1, 0.15) is 0 Å². The average molecular weight is 334 g/mol. The van der Waals surface area contributed by atoms with Crippen LogP contribution in [-0.4, -0.2) is 20.0 Å². The van der Waals surface area contributed by atoms with Crippen molar-refractivity contribution >= 4 is 47.3 Å². The summed E-state index contributed by atoms with van der Waals surface area (Å²) < 4.78 is 1.91. The Labute approximate surface area is 102 Å². The Balaban J connectivity index is 2.72. The molecule has 4 nitrogen and oxygen atoms in total. The molecule has 2 aromatic heterocycles. The van der Waals surface area contributed by atoms with Crippen LogP contribution < -0.4 is 0 Å². The van der Waals surface area contributed by atoms with Gasteiger partial charge in [-0.2, -0.15) is 0 Å². The van der Waals surface area contributed by atoms with Gasteiger partial charge in [0.2, 0.25) is 0 Å². The van der Waals surface area contributed by atoms with Gasteiger partial charge in [-0.3, -0.25) is 3.97 Å². The molecule has 2 heterocycles. The van der Waals surface area contributed by atoms with E-state index in [1.165, 1.54) is 15.3 Å². The van der Waals surface area contributed by atoms with Crippen LogP contribution in [0, 0.1) is 6.92 Å². The Bertz CT molecular complexity index is 538. The molecule has 78 valence electrons. The fourth-order valence-electron chi connectivity index (χ4n) is 1.40. The zero-order valence-electron chi connectivity index (χ0n) is 7.77. The quantitative estimate of drug-likeness (QED) is 0.858. The Morgan fingerprint density at radius 2 is 2.40 bits per heavy atom. The normalized spacial score (nSPS) is 10.8. The summed E-state index contributed by atoms with van der Waals surface area (Å²) in [4.78, 5) is 14.9. The van der Waals surface area contributed by atoms with Gasteiger partial charge in [0.15, 0.2) is 5.65 Å². The highest BCUT2D eigenvalue weighted by Crippen LogP contribution is 2.26. The molecule has 0 bridgehead atoms. The Morgan fingerprint density at radius 1 is 1.67 bits per heavy atom. The van der Waals surface area contributed by atoms with Crippen molar-refractivity contribution in [2.75, 3.05) is 0 Å². The van der Waals surface area contributed by atoms with Crippen LogP contribution >= 0.6 is 30.3 Å². The van der Waals surface area contributed by atoms with E-state index in [4.69, 9.17) is 5.11 Å². The molecule has 1 N–H and O–H groups in total. The van der Waals surface area contributed by atoms with Gasteiger partial charge in [-0.1, -0.05) is 0 Å². The molecule has 2 rings (SSSR count). The standard InChI is InChI=1S/C9H7IN2O2S/c1-5-4-12(15-10)8-7(5)2-6(3-11-8)9(13)14/h2-4H,1H3,(H,13,14). The molecule has 6 heteroatoms. The molecule has 15 heavy (non-hydrogen) atoms. The van der Waals surface area contributed by atoms with Gasteiger partial charge in [0.25, 0.3) is 0 Å². The molecular formula is C9H7IN2O2S. The van der Waals surface area contributed by atoms with Crippen molar-refractivity contribution in [3.63, 3.8) is 0 Å². The third-order valence-electron chi connectivity index (χ3n) is 2.13. The number of rotatable bonds is 2. The largest absolute Gasteiger partial charge is 0.478 e. The third kappa shape index (κ3) is 1.83. The van der Waals surface area contributed by atoms with E-state index < -0.39 is 5.97 Å². The number of hydrogen-bond donors (Lipinski definition) is 1. The summed E-state index contributed by atoms with van der Waals surface area (Å²) in [5.74, 6) is -0.946. The van der Waals surface area contributed by atoms with E-state index >= 15 is 0 Å². The monoisotopic (exact) mass is 334 g/mol.